The van der Waals surface area contributed by atoms with E-state index in [-0.39, 0.29) is 37.6 Å². The van der Waals surface area contributed by atoms with E-state index in [1.54, 1.807) is 38.1 Å². The average Bonchev–Trinajstić information content (AvgIpc) is 3.14. The Morgan fingerprint density at radius 1 is 1.20 bits per heavy atom. The lowest BCUT2D eigenvalue weighted by atomic mass is 9.89. The first-order valence-corrected chi connectivity index (χ1v) is 12.4. The van der Waals surface area contributed by atoms with Crippen molar-refractivity contribution in [3.05, 3.63) is 69.6 Å². The number of amidine groups is 1. The number of nitrogens with one attached hydrogen (secondary N) is 1. The van der Waals surface area contributed by atoms with E-state index < -0.39 is 21.5 Å². The number of sulfonamides is 1. The summed E-state index contributed by atoms with van der Waals surface area (Å²) in [7, 11) is -3.76. The van der Waals surface area contributed by atoms with E-state index in [1.165, 1.54) is 22.5 Å². The minimum Gasteiger partial charge on any atom is -0.366 e. The number of benzene rings is 2. The molecular formula is C24H25FN4O5S. The third-order valence-corrected chi connectivity index (χ3v) is 7.94. The van der Waals surface area contributed by atoms with Gasteiger partial charge in [-0.05, 0) is 73.7 Å². The van der Waals surface area contributed by atoms with Gasteiger partial charge in [-0.1, -0.05) is 12.1 Å². The van der Waals surface area contributed by atoms with Crippen LogP contribution in [0, 0.1) is 13.8 Å². The summed E-state index contributed by atoms with van der Waals surface area (Å²) in [6.07, 6.45) is 1.92. The molecule has 3 N–H and O–H groups in total. The molecule has 1 saturated heterocycles. The number of piperidine rings is 1. The number of aliphatic imine (C=N–C) groups is 1. The highest BCUT2D eigenvalue weighted by Crippen LogP contribution is 2.33. The van der Waals surface area contributed by atoms with Gasteiger partial charge in [0.2, 0.25) is 15.9 Å². The number of hydrogen-bond donors (Lipinski definition) is 2. The molecule has 2 aliphatic heterocycles. The second-order valence-corrected chi connectivity index (χ2v) is 10.5. The molecule has 0 bridgehead atoms. The highest BCUT2D eigenvalue weighted by molar-refractivity contribution is 7.92. The van der Waals surface area contributed by atoms with Crippen LogP contribution in [0.1, 0.15) is 45.5 Å². The van der Waals surface area contributed by atoms with Crippen LogP contribution in [0.5, 0.6) is 5.75 Å². The Kier molecular flexibility index (Phi) is 6.48. The Morgan fingerprint density at radius 3 is 2.46 bits per heavy atom. The number of nitrogens with zero attached hydrogens (tertiary/aromatic N) is 2. The van der Waals surface area contributed by atoms with Gasteiger partial charge < -0.3 is 11.1 Å². The molecule has 4 rings (SSSR count). The second-order valence-electron chi connectivity index (χ2n) is 8.69. The summed E-state index contributed by atoms with van der Waals surface area (Å²) in [5.41, 5.74) is 7.28. The zero-order chi connectivity index (χ0) is 25.4. The number of aryl methyl sites for hydroxylation is 2. The highest BCUT2D eigenvalue weighted by Gasteiger charge is 2.47. The first kappa shape index (κ1) is 24.6. The van der Waals surface area contributed by atoms with E-state index in [1.807, 2.05) is 0 Å². The number of primary amides is 1. The summed E-state index contributed by atoms with van der Waals surface area (Å²) in [5, 5.41) is 3.86. The van der Waals surface area contributed by atoms with Gasteiger partial charge in [0.25, 0.3) is 5.91 Å². The van der Waals surface area contributed by atoms with E-state index in [9.17, 15) is 22.5 Å². The molecular weight excluding hydrogens is 475 g/mol. The Balaban J connectivity index is 1.49. The van der Waals surface area contributed by atoms with Gasteiger partial charge in [-0.15, -0.1) is 0 Å². The van der Waals surface area contributed by atoms with Gasteiger partial charge in [-0.25, -0.2) is 8.42 Å². The number of rotatable bonds is 6. The van der Waals surface area contributed by atoms with Crippen molar-refractivity contribution in [1.82, 2.24) is 9.62 Å². The number of carbonyl (C=O) groups excluding carboxylic acids is 2. The van der Waals surface area contributed by atoms with Crippen LogP contribution >= 0.6 is 0 Å². The van der Waals surface area contributed by atoms with E-state index in [0.717, 1.165) is 16.5 Å². The molecule has 0 saturated carbocycles. The van der Waals surface area contributed by atoms with Crippen LogP contribution in [0.4, 0.5) is 4.53 Å². The quantitative estimate of drug-likeness (QED) is 0.629. The molecule has 0 radical (unpaired) electrons. The highest BCUT2D eigenvalue weighted by atomic mass is 32.2. The van der Waals surface area contributed by atoms with Crippen molar-refractivity contribution in [3.8, 4) is 5.75 Å². The molecule has 2 aromatic carbocycles. The number of halogens is 1. The van der Waals surface area contributed by atoms with Crippen molar-refractivity contribution in [3.63, 3.8) is 0 Å². The summed E-state index contributed by atoms with van der Waals surface area (Å²) in [6, 6.07) is 9.35. The molecule has 2 aromatic rings. The molecule has 2 heterocycles. The summed E-state index contributed by atoms with van der Waals surface area (Å²) < 4.78 is 39.8. The van der Waals surface area contributed by atoms with Gasteiger partial charge in [0, 0.05) is 34.2 Å². The standard InChI is InChI=1S/C24H25FN4O5S/c1-15-12-18(21(26)30)13-16(2)20(15)6-11-35(32,33)29-9-7-24(8-10-29)23(31)27-22(28-24)17-4-3-5-19(14-17)34-25/h3-6,11-14H,7-10H2,1-2H3,(H2,26,30)(H,27,28,31)/b11-6+. The third-order valence-electron chi connectivity index (χ3n) is 6.37. The fraction of sp³-hybridized carbons (Fsp3) is 0.292. The maximum absolute atomic E-state index is 13.0. The van der Waals surface area contributed by atoms with Crippen molar-refractivity contribution in [2.75, 3.05) is 13.1 Å². The van der Waals surface area contributed by atoms with Gasteiger partial charge in [0.1, 0.15) is 11.4 Å². The minimum atomic E-state index is -3.76. The van der Waals surface area contributed by atoms with Crippen LogP contribution in [0.25, 0.3) is 6.08 Å². The average molecular weight is 501 g/mol. The van der Waals surface area contributed by atoms with E-state index in [0.29, 0.717) is 22.5 Å². The fourth-order valence-corrected chi connectivity index (χ4v) is 5.59. The molecule has 0 unspecified atom stereocenters. The summed E-state index contributed by atoms with van der Waals surface area (Å²) in [5.74, 6) is -0.572. The first-order valence-electron chi connectivity index (χ1n) is 10.9. The fourth-order valence-electron chi connectivity index (χ4n) is 4.41. The molecule has 184 valence electrons. The van der Waals surface area contributed by atoms with Crippen LogP contribution in [0.2, 0.25) is 0 Å². The first-order chi connectivity index (χ1) is 16.5. The van der Waals surface area contributed by atoms with Crippen molar-refractivity contribution in [1.29, 1.82) is 0 Å². The number of hydrogen-bond acceptors (Lipinski definition) is 6. The third kappa shape index (κ3) is 4.82. The number of amides is 2. The molecule has 0 atom stereocenters. The van der Waals surface area contributed by atoms with Crippen LogP contribution in [0.15, 0.2) is 46.8 Å². The van der Waals surface area contributed by atoms with E-state index >= 15 is 0 Å². The Bertz CT molecular complexity index is 1340. The molecule has 11 heteroatoms. The molecule has 1 fully saturated rings. The lowest BCUT2D eigenvalue weighted by molar-refractivity contribution is -0.124. The van der Waals surface area contributed by atoms with Gasteiger partial charge >= 0.3 is 0 Å². The zero-order valence-electron chi connectivity index (χ0n) is 19.2. The summed E-state index contributed by atoms with van der Waals surface area (Å²) >= 11 is 0. The molecule has 2 amide bonds. The van der Waals surface area contributed by atoms with Crippen molar-refractivity contribution >= 4 is 33.7 Å². The lowest BCUT2D eigenvalue weighted by Gasteiger charge is -2.34. The minimum absolute atomic E-state index is 0.0113. The Hall–Kier alpha value is -3.57. The Labute approximate surface area is 202 Å². The summed E-state index contributed by atoms with van der Waals surface area (Å²) in [4.78, 5) is 32.5. The molecule has 0 aliphatic carbocycles. The van der Waals surface area contributed by atoms with Crippen LogP contribution in [-0.4, -0.2) is 49.0 Å². The van der Waals surface area contributed by atoms with Crippen LogP contribution in [-0.2, 0) is 14.8 Å². The van der Waals surface area contributed by atoms with Gasteiger partial charge in [-0.2, -0.15) is 4.31 Å². The van der Waals surface area contributed by atoms with Crippen molar-refractivity contribution in [2.24, 2.45) is 10.7 Å². The molecule has 9 nitrogen and oxygen atoms in total. The zero-order valence-corrected chi connectivity index (χ0v) is 20.1. The smallest absolute Gasteiger partial charge is 0.253 e. The van der Waals surface area contributed by atoms with Crippen LogP contribution in [0.3, 0.4) is 0 Å². The van der Waals surface area contributed by atoms with Gasteiger partial charge in [0.05, 0.1) is 0 Å². The summed E-state index contributed by atoms with van der Waals surface area (Å²) in [6.45, 7) is 3.78. The maximum Gasteiger partial charge on any atom is 0.253 e. The SMILES string of the molecule is Cc1cc(C(N)=O)cc(C)c1/C=C/S(=O)(=O)N1CCC2(CC1)N=C(c1cccc(OF)c1)NC2=O. The van der Waals surface area contributed by atoms with Crippen LogP contribution < -0.4 is 16.0 Å². The number of nitrogens with two attached hydrogens (primary N) is 1. The normalized spacial score (nSPS) is 18.0. The topological polar surface area (TPSA) is 131 Å². The largest absolute Gasteiger partial charge is 0.366 e. The van der Waals surface area contributed by atoms with Crippen molar-refractivity contribution < 1.29 is 27.5 Å². The Morgan fingerprint density at radius 2 is 1.86 bits per heavy atom. The molecule has 35 heavy (non-hydrogen) atoms. The van der Waals surface area contributed by atoms with E-state index in [4.69, 9.17) is 5.73 Å². The van der Waals surface area contributed by atoms with Gasteiger partial charge in [0.15, 0.2) is 5.75 Å². The predicted molar refractivity (Wildman–Crippen MR) is 129 cm³/mol. The second kappa shape index (κ2) is 9.23. The van der Waals surface area contributed by atoms with E-state index in [2.05, 4.69) is 15.3 Å². The van der Waals surface area contributed by atoms with Crippen molar-refractivity contribution in [2.45, 2.75) is 32.2 Å². The molecule has 2 aliphatic rings. The lowest BCUT2D eigenvalue weighted by Crippen LogP contribution is -2.50. The molecule has 1 spiro atoms. The molecule has 0 aromatic heterocycles. The number of carbonyl (C=O) groups is 2. The van der Waals surface area contributed by atoms with Gasteiger partial charge in [-0.3, -0.25) is 19.5 Å². The maximum atomic E-state index is 13.0. The monoisotopic (exact) mass is 500 g/mol. The predicted octanol–water partition coefficient (Wildman–Crippen LogP) is 2.38.